The molecule has 0 N–H and O–H groups in total. The normalized spacial score (nSPS) is 9.67. The maximum absolute atomic E-state index is 11.4. The predicted molar refractivity (Wildman–Crippen MR) is 58.2 cm³/mol. The molecule has 0 unspecified atom stereocenters. The smallest absolute Gasteiger partial charge is 0.224 e. The van der Waals surface area contributed by atoms with Crippen molar-refractivity contribution in [3.05, 3.63) is 0 Å². The van der Waals surface area contributed by atoms with Crippen LogP contribution in [0.5, 0.6) is 0 Å². The van der Waals surface area contributed by atoms with E-state index < -0.39 is 0 Å². The summed E-state index contributed by atoms with van der Waals surface area (Å²) in [6.45, 7) is 3.82. The topological polar surface area (TPSA) is 53.3 Å². The number of carbonyl (C=O) groups is 1. The molecular weight excluding hydrogens is 192 g/mol. The van der Waals surface area contributed by atoms with Crippen LogP contribution in [0.1, 0.15) is 32.6 Å². The van der Waals surface area contributed by atoms with Gasteiger partial charge in [0.25, 0.3) is 0 Å². The maximum atomic E-state index is 11.4. The summed E-state index contributed by atoms with van der Waals surface area (Å²) in [5.41, 5.74) is 0. The molecule has 0 aliphatic heterocycles. The zero-order valence-corrected chi connectivity index (χ0v) is 9.66. The van der Waals surface area contributed by atoms with Gasteiger partial charge in [-0.25, -0.2) is 0 Å². The quantitative estimate of drug-likeness (QED) is 0.574. The van der Waals surface area contributed by atoms with Crippen molar-refractivity contribution in [2.24, 2.45) is 0 Å². The second kappa shape index (κ2) is 9.47. The number of unbranched alkanes of at least 4 members (excludes halogenated alkanes) is 1. The Kier molecular flexibility index (Phi) is 8.79. The molecule has 4 nitrogen and oxygen atoms in total. The number of ether oxygens (including phenoxy) is 1. The molecule has 15 heavy (non-hydrogen) atoms. The molecule has 0 bridgehead atoms. The van der Waals surface area contributed by atoms with Crippen LogP contribution in [0.25, 0.3) is 0 Å². The van der Waals surface area contributed by atoms with E-state index in [4.69, 9.17) is 10.00 Å². The molecule has 0 fully saturated rings. The summed E-state index contributed by atoms with van der Waals surface area (Å²) in [6, 6.07) is 2.01. The molecule has 0 heterocycles. The van der Waals surface area contributed by atoms with E-state index in [0.29, 0.717) is 26.0 Å². The van der Waals surface area contributed by atoms with Crippen LogP contribution >= 0.6 is 0 Å². The summed E-state index contributed by atoms with van der Waals surface area (Å²) in [6.07, 6.45) is 2.94. The number of nitrogens with zero attached hydrogens (tertiary/aromatic N) is 2. The lowest BCUT2D eigenvalue weighted by Gasteiger charge is -2.15. The fourth-order valence-electron chi connectivity index (χ4n) is 1.04. The number of hydrogen-bond donors (Lipinski definition) is 0. The first kappa shape index (κ1) is 13.9. The Morgan fingerprint density at radius 1 is 1.47 bits per heavy atom. The lowest BCUT2D eigenvalue weighted by Crippen LogP contribution is -2.28. The highest BCUT2D eigenvalue weighted by Crippen LogP contribution is 1.95. The van der Waals surface area contributed by atoms with Gasteiger partial charge in [-0.1, -0.05) is 13.3 Å². The molecular formula is C11H20N2O2. The zero-order valence-electron chi connectivity index (χ0n) is 9.66. The molecule has 0 aliphatic rings. The van der Waals surface area contributed by atoms with Crippen LogP contribution in [-0.4, -0.2) is 37.6 Å². The molecule has 86 valence electrons. The molecule has 0 aromatic rings. The van der Waals surface area contributed by atoms with E-state index in [9.17, 15) is 4.79 Å². The minimum Gasteiger partial charge on any atom is -0.381 e. The second-order valence-electron chi connectivity index (χ2n) is 3.44. The van der Waals surface area contributed by atoms with Gasteiger partial charge in [-0.2, -0.15) is 5.26 Å². The third kappa shape index (κ3) is 7.95. The van der Waals surface area contributed by atoms with Gasteiger partial charge in [-0.3, -0.25) is 4.79 Å². The lowest BCUT2D eigenvalue weighted by molar-refractivity contribution is -0.130. The van der Waals surface area contributed by atoms with Crippen LogP contribution in [0.3, 0.4) is 0 Å². The molecule has 4 heteroatoms. The van der Waals surface area contributed by atoms with Gasteiger partial charge in [0.05, 0.1) is 25.5 Å². The minimum absolute atomic E-state index is 0.0433. The van der Waals surface area contributed by atoms with Crippen LogP contribution < -0.4 is 0 Å². The van der Waals surface area contributed by atoms with Gasteiger partial charge in [0.2, 0.25) is 5.91 Å². The standard InChI is InChI=1S/C11H20N2O2/c1-3-4-9-15-10-6-11(14)13(2)8-5-7-12/h3-6,8-10H2,1-2H3. The Morgan fingerprint density at radius 2 is 2.20 bits per heavy atom. The molecule has 0 rings (SSSR count). The van der Waals surface area contributed by atoms with Crippen molar-refractivity contribution >= 4 is 5.91 Å². The van der Waals surface area contributed by atoms with Gasteiger partial charge < -0.3 is 9.64 Å². The summed E-state index contributed by atoms with van der Waals surface area (Å²) >= 11 is 0. The van der Waals surface area contributed by atoms with Crippen LogP contribution in [0.2, 0.25) is 0 Å². The fraction of sp³-hybridized carbons (Fsp3) is 0.818. The van der Waals surface area contributed by atoms with Gasteiger partial charge in [-0.15, -0.1) is 0 Å². The van der Waals surface area contributed by atoms with Gasteiger partial charge in [0.15, 0.2) is 0 Å². The van der Waals surface area contributed by atoms with E-state index in [-0.39, 0.29) is 5.91 Å². The lowest BCUT2D eigenvalue weighted by atomic mass is 10.3. The van der Waals surface area contributed by atoms with E-state index in [1.165, 1.54) is 0 Å². The van der Waals surface area contributed by atoms with Crippen LogP contribution in [-0.2, 0) is 9.53 Å². The molecule has 0 aromatic heterocycles. The highest BCUT2D eigenvalue weighted by Gasteiger charge is 2.07. The first-order valence-corrected chi connectivity index (χ1v) is 5.41. The number of amides is 1. The summed E-state index contributed by atoms with van der Waals surface area (Å²) in [5, 5.41) is 8.36. The van der Waals surface area contributed by atoms with Crippen molar-refractivity contribution < 1.29 is 9.53 Å². The van der Waals surface area contributed by atoms with Crippen LogP contribution in [0.15, 0.2) is 0 Å². The summed E-state index contributed by atoms with van der Waals surface area (Å²) in [7, 11) is 1.71. The van der Waals surface area contributed by atoms with Crippen molar-refractivity contribution in [3.8, 4) is 6.07 Å². The van der Waals surface area contributed by atoms with Gasteiger partial charge in [-0.05, 0) is 6.42 Å². The summed E-state index contributed by atoms with van der Waals surface area (Å²) in [5.74, 6) is 0.0433. The third-order valence-electron chi connectivity index (χ3n) is 2.09. The number of nitriles is 1. The van der Waals surface area contributed by atoms with E-state index in [2.05, 4.69) is 6.92 Å². The zero-order chi connectivity index (χ0) is 11.5. The minimum atomic E-state index is 0.0433. The van der Waals surface area contributed by atoms with E-state index in [0.717, 1.165) is 19.4 Å². The van der Waals surface area contributed by atoms with E-state index in [1.807, 2.05) is 6.07 Å². The predicted octanol–water partition coefficient (Wildman–Crippen LogP) is 1.57. The van der Waals surface area contributed by atoms with Crippen LogP contribution in [0, 0.1) is 11.3 Å². The molecule has 0 spiro atoms. The molecule has 1 amide bonds. The SMILES string of the molecule is CCCCOCCC(=O)N(C)CCC#N. The van der Waals surface area contributed by atoms with Crippen molar-refractivity contribution in [3.63, 3.8) is 0 Å². The number of carbonyl (C=O) groups excluding carboxylic acids is 1. The molecule has 0 atom stereocenters. The molecule has 0 saturated heterocycles. The largest absolute Gasteiger partial charge is 0.381 e. The fourth-order valence-corrected chi connectivity index (χ4v) is 1.04. The molecule has 0 aliphatic carbocycles. The Morgan fingerprint density at radius 3 is 2.80 bits per heavy atom. The van der Waals surface area contributed by atoms with Gasteiger partial charge in [0, 0.05) is 20.2 Å². The van der Waals surface area contributed by atoms with Crippen LogP contribution in [0.4, 0.5) is 0 Å². The van der Waals surface area contributed by atoms with Gasteiger partial charge >= 0.3 is 0 Å². The first-order chi connectivity index (χ1) is 7.22. The molecule has 0 radical (unpaired) electrons. The first-order valence-electron chi connectivity index (χ1n) is 5.41. The Labute approximate surface area is 91.8 Å². The van der Waals surface area contributed by atoms with Crippen molar-refractivity contribution in [2.75, 3.05) is 26.8 Å². The Bertz CT molecular complexity index is 211. The average Bonchev–Trinajstić information content (AvgIpc) is 2.25. The van der Waals surface area contributed by atoms with Gasteiger partial charge in [0.1, 0.15) is 0 Å². The van der Waals surface area contributed by atoms with Crippen molar-refractivity contribution in [1.29, 1.82) is 5.26 Å². The van der Waals surface area contributed by atoms with Crippen molar-refractivity contribution in [1.82, 2.24) is 4.90 Å². The maximum Gasteiger partial charge on any atom is 0.224 e. The summed E-state index contributed by atoms with van der Waals surface area (Å²) < 4.78 is 5.29. The van der Waals surface area contributed by atoms with E-state index >= 15 is 0 Å². The second-order valence-corrected chi connectivity index (χ2v) is 3.44. The third-order valence-corrected chi connectivity index (χ3v) is 2.09. The average molecular weight is 212 g/mol. The highest BCUT2D eigenvalue weighted by molar-refractivity contribution is 5.75. The summed E-state index contributed by atoms with van der Waals surface area (Å²) in [4.78, 5) is 13.0. The molecule has 0 aromatic carbocycles. The molecule has 0 saturated carbocycles. The Hall–Kier alpha value is -1.08. The number of rotatable bonds is 8. The van der Waals surface area contributed by atoms with Crippen molar-refractivity contribution in [2.45, 2.75) is 32.6 Å². The monoisotopic (exact) mass is 212 g/mol. The highest BCUT2D eigenvalue weighted by atomic mass is 16.5. The van der Waals surface area contributed by atoms with E-state index in [1.54, 1.807) is 11.9 Å². The Balaban J connectivity index is 3.43. The number of hydrogen-bond acceptors (Lipinski definition) is 3.